The fraction of sp³-hybridized carbons (Fsp3) is 0.950. The average Bonchev–Trinajstić information content (AvgIpc) is 2.51. The lowest BCUT2D eigenvalue weighted by Crippen LogP contribution is -2.41. The molecule has 7 unspecified atom stereocenters. The Hall–Kier alpha value is -0.310. The zero-order chi connectivity index (χ0) is 18.7. The SMILES string of the molecule is CC1CCC(C(C)C)C(O[P+](=O)OC2C(=N)C(C)CCC2C(C)C)C1. The summed E-state index contributed by atoms with van der Waals surface area (Å²) in [5.41, 5.74) is 0.592. The Morgan fingerprint density at radius 1 is 0.960 bits per heavy atom. The summed E-state index contributed by atoms with van der Waals surface area (Å²) in [5.74, 6) is 2.47. The summed E-state index contributed by atoms with van der Waals surface area (Å²) < 4.78 is 24.5. The molecular weight excluding hydrogens is 333 g/mol. The van der Waals surface area contributed by atoms with Crippen LogP contribution in [-0.4, -0.2) is 17.9 Å². The molecule has 0 aromatic carbocycles. The Kier molecular flexibility index (Phi) is 7.61. The molecule has 2 aliphatic carbocycles. The summed E-state index contributed by atoms with van der Waals surface area (Å²) in [6, 6.07) is 0. The van der Waals surface area contributed by atoms with Gasteiger partial charge in [0, 0.05) is 10.3 Å². The van der Waals surface area contributed by atoms with Gasteiger partial charge in [0.2, 0.25) is 0 Å². The highest BCUT2D eigenvalue weighted by Gasteiger charge is 2.45. The van der Waals surface area contributed by atoms with Gasteiger partial charge in [-0.2, -0.15) is 0 Å². The molecule has 0 aliphatic heterocycles. The third-order valence-corrected chi connectivity index (χ3v) is 7.24. The first-order valence-electron chi connectivity index (χ1n) is 10.1. The van der Waals surface area contributed by atoms with Crippen LogP contribution in [0, 0.1) is 40.9 Å². The van der Waals surface area contributed by atoms with Gasteiger partial charge in [-0.1, -0.05) is 48.0 Å². The number of nitrogens with one attached hydrogen (secondary N) is 1. The van der Waals surface area contributed by atoms with E-state index in [1.165, 1.54) is 6.42 Å². The third-order valence-electron chi connectivity index (χ3n) is 6.40. The van der Waals surface area contributed by atoms with Gasteiger partial charge in [-0.15, -0.1) is 9.05 Å². The normalized spacial score (nSPS) is 37.6. The Balaban J connectivity index is 2.02. The Labute approximate surface area is 154 Å². The molecule has 144 valence electrons. The molecule has 2 saturated carbocycles. The van der Waals surface area contributed by atoms with E-state index in [1.54, 1.807) is 0 Å². The van der Waals surface area contributed by atoms with Gasteiger partial charge >= 0.3 is 8.25 Å². The molecule has 2 rings (SSSR count). The topological polar surface area (TPSA) is 59.4 Å². The van der Waals surface area contributed by atoms with Crippen molar-refractivity contribution in [3.05, 3.63) is 0 Å². The van der Waals surface area contributed by atoms with Crippen LogP contribution >= 0.6 is 8.25 Å². The maximum Gasteiger partial charge on any atom is 0.698 e. The van der Waals surface area contributed by atoms with Crippen molar-refractivity contribution < 1.29 is 13.6 Å². The van der Waals surface area contributed by atoms with Gasteiger partial charge in [-0.3, -0.25) is 0 Å². The van der Waals surface area contributed by atoms with Crippen LogP contribution in [0.3, 0.4) is 0 Å². The summed E-state index contributed by atoms with van der Waals surface area (Å²) in [6.45, 7) is 13.1. The summed E-state index contributed by atoms with van der Waals surface area (Å²) in [4.78, 5) is 0. The van der Waals surface area contributed by atoms with E-state index < -0.39 is 8.25 Å². The predicted octanol–water partition coefficient (Wildman–Crippen LogP) is 6.23. The standard InChI is InChI=1S/C20H37NO3P/c1-12(2)16-9-7-14(5)11-18(16)23-25(22)24-20-17(13(3)4)10-8-15(6)19(20)21/h12-18,20-21H,7-11H2,1-6H3/q+1. The van der Waals surface area contributed by atoms with Gasteiger partial charge in [0.15, 0.2) is 6.10 Å². The van der Waals surface area contributed by atoms with Gasteiger partial charge in [0.05, 0.1) is 0 Å². The van der Waals surface area contributed by atoms with Crippen molar-refractivity contribution in [2.45, 2.75) is 85.9 Å². The second kappa shape index (κ2) is 9.06. The Morgan fingerprint density at radius 3 is 2.16 bits per heavy atom. The number of hydrogen-bond acceptors (Lipinski definition) is 4. The first-order chi connectivity index (χ1) is 11.7. The minimum Gasteiger partial charge on any atom is -0.306 e. The van der Waals surface area contributed by atoms with E-state index in [-0.39, 0.29) is 24.0 Å². The van der Waals surface area contributed by atoms with Crippen molar-refractivity contribution in [3.63, 3.8) is 0 Å². The van der Waals surface area contributed by atoms with Crippen LogP contribution in [0.4, 0.5) is 0 Å². The summed E-state index contributed by atoms with van der Waals surface area (Å²) in [6.07, 6.45) is 5.03. The Bertz CT molecular complexity index is 480. The molecule has 0 radical (unpaired) electrons. The molecule has 2 aliphatic rings. The largest absolute Gasteiger partial charge is 0.698 e. The van der Waals surface area contributed by atoms with E-state index in [4.69, 9.17) is 14.5 Å². The molecule has 0 bridgehead atoms. The minimum atomic E-state index is -2.18. The zero-order valence-electron chi connectivity index (χ0n) is 16.8. The molecule has 0 spiro atoms. The van der Waals surface area contributed by atoms with Gasteiger partial charge in [-0.25, -0.2) is 0 Å². The van der Waals surface area contributed by atoms with Crippen molar-refractivity contribution >= 4 is 14.0 Å². The van der Waals surface area contributed by atoms with Crippen LogP contribution in [0.2, 0.25) is 0 Å². The second-order valence-electron chi connectivity index (χ2n) is 9.06. The fourth-order valence-corrected chi connectivity index (χ4v) is 5.51. The molecule has 5 heteroatoms. The molecule has 25 heavy (non-hydrogen) atoms. The van der Waals surface area contributed by atoms with Crippen LogP contribution in [0.25, 0.3) is 0 Å². The van der Waals surface area contributed by atoms with Crippen molar-refractivity contribution in [1.29, 1.82) is 5.41 Å². The molecule has 0 amide bonds. The average molecular weight is 370 g/mol. The quantitative estimate of drug-likeness (QED) is 0.564. The third kappa shape index (κ3) is 5.34. The van der Waals surface area contributed by atoms with E-state index in [2.05, 4.69) is 41.5 Å². The summed E-state index contributed by atoms with van der Waals surface area (Å²) >= 11 is 0. The number of hydrogen-bond donors (Lipinski definition) is 1. The van der Waals surface area contributed by atoms with E-state index in [0.29, 0.717) is 29.4 Å². The molecule has 0 aromatic heterocycles. The highest BCUT2D eigenvalue weighted by atomic mass is 31.1. The smallest absolute Gasteiger partial charge is 0.306 e. The lowest BCUT2D eigenvalue weighted by Gasteiger charge is -2.35. The first-order valence-corrected chi connectivity index (χ1v) is 11.2. The van der Waals surface area contributed by atoms with Crippen LogP contribution in [0.5, 0.6) is 0 Å². The maximum atomic E-state index is 12.7. The molecule has 0 heterocycles. The molecule has 1 N–H and O–H groups in total. The molecule has 2 fully saturated rings. The highest BCUT2D eigenvalue weighted by molar-refractivity contribution is 7.33. The molecular formula is C20H37NO3P+. The highest BCUT2D eigenvalue weighted by Crippen LogP contribution is 2.44. The molecule has 0 saturated heterocycles. The summed E-state index contributed by atoms with van der Waals surface area (Å²) in [7, 11) is -2.18. The van der Waals surface area contributed by atoms with E-state index in [9.17, 15) is 4.57 Å². The molecule has 7 atom stereocenters. The monoisotopic (exact) mass is 370 g/mol. The zero-order valence-corrected chi connectivity index (χ0v) is 17.7. The number of rotatable bonds is 6. The summed E-state index contributed by atoms with van der Waals surface area (Å²) in [5, 5.41) is 8.42. The van der Waals surface area contributed by atoms with Gasteiger partial charge in [0.25, 0.3) is 0 Å². The minimum absolute atomic E-state index is 0.0139. The van der Waals surface area contributed by atoms with Crippen molar-refractivity contribution in [3.8, 4) is 0 Å². The van der Waals surface area contributed by atoms with Crippen molar-refractivity contribution in [1.82, 2.24) is 0 Å². The second-order valence-corrected chi connectivity index (χ2v) is 9.93. The van der Waals surface area contributed by atoms with Crippen LogP contribution in [0.15, 0.2) is 0 Å². The predicted molar refractivity (Wildman–Crippen MR) is 103 cm³/mol. The van der Waals surface area contributed by atoms with Gasteiger partial charge < -0.3 is 5.41 Å². The van der Waals surface area contributed by atoms with Crippen molar-refractivity contribution in [2.75, 3.05) is 0 Å². The van der Waals surface area contributed by atoms with E-state index >= 15 is 0 Å². The molecule has 4 nitrogen and oxygen atoms in total. The van der Waals surface area contributed by atoms with Crippen LogP contribution in [-0.2, 0) is 13.6 Å². The maximum absolute atomic E-state index is 12.7. The molecule has 0 aromatic rings. The first kappa shape index (κ1) is 21.0. The lowest BCUT2D eigenvalue weighted by molar-refractivity contribution is 0.0278. The van der Waals surface area contributed by atoms with Crippen LogP contribution < -0.4 is 0 Å². The Morgan fingerprint density at radius 2 is 1.56 bits per heavy atom. The van der Waals surface area contributed by atoms with Crippen LogP contribution in [0.1, 0.15) is 73.6 Å². The van der Waals surface area contributed by atoms with Gasteiger partial charge in [-0.05, 0) is 61.2 Å². The fourth-order valence-electron chi connectivity index (χ4n) is 4.54. The van der Waals surface area contributed by atoms with Gasteiger partial charge in [0.1, 0.15) is 6.10 Å². The van der Waals surface area contributed by atoms with E-state index in [0.717, 1.165) is 25.7 Å². The lowest BCUT2D eigenvalue weighted by atomic mass is 9.74. The van der Waals surface area contributed by atoms with Crippen molar-refractivity contribution in [2.24, 2.45) is 35.5 Å². The van der Waals surface area contributed by atoms with E-state index in [1.807, 2.05) is 0 Å².